The van der Waals surface area contributed by atoms with E-state index in [1.54, 1.807) is 10.7 Å². The van der Waals surface area contributed by atoms with Gasteiger partial charge in [-0.15, -0.1) is 0 Å². The third kappa shape index (κ3) is 4.36. The second kappa shape index (κ2) is 8.11. The largest absolute Gasteiger partial charge is 0.347 e. The van der Waals surface area contributed by atoms with Crippen LogP contribution in [-0.4, -0.2) is 28.1 Å². The Kier molecular flexibility index (Phi) is 5.43. The fourth-order valence-corrected chi connectivity index (χ4v) is 2.50. The zero-order valence-electron chi connectivity index (χ0n) is 14.5. The van der Waals surface area contributed by atoms with Crippen LogP contribution < -0.4 is 10.6 Å². The van der Waals surface area contributed by atoms with Gasteiger partial charge >= 0.3 is 11.8 Å². The standard InChI is InChI=1S/C20H20N4O2/c1-15-7-5-6-10-18(15)22-20(26)19(25)21-13-11-16-12-14-24(23-16)17-8-3-2-4-9-17/h2-10,12,14H,11,13H2,1H3,(H,21,25)(H,22,26). The first-order valence-corrected chi connectivity index (χ1v) is 8.38. The SMILES string of the molecule is Cc1ccccc1NC(=O)C(=O)NCCc1ccn(-c2ccccc2)n1. The lowest BCUT2D eigenvalue weighted by atomic mass is 10.2. The van der Waals surface area contributed by atoms with Crippen LogP contribution >= 0.6 is 0 Å². The van der Waals surface area contributed by atoms with Crippen LogP contribution in [0.1, 0.15) is 11.3 Å². The molecule has 2 N–H and O–H groups in total. The molecule has 2 amide bonds. The highest BCUT2D eigenvalue weighted by Gasteiger charge is 2.14. The maximum Gasteiger partial charge on any atom is 0.313 e. The van der Waals surface area contributed by atoms with Crippen LogP contribution in [0.2, 0.25) is 0 Å². The van der Waals surface area contributed by atoms with E-state index >= 15 is 0 Å². The van der Waals surface area contributed by atoms with Crippen LogP contribution in [0.25, 0.3) is 5.69 Å². The van der Waals surface area contributed by atoms with Gasteiger partial charge in [0.2, 0.25) is 0 Å². The highest BCUT2D eigenvalue weighted by atomic mass is 16.2. The number of para-hydroxylation sites is 2. The molecule has 2 aromatic carbocycles. The van der Waals surface area contributed by atoms with E-state index in [0.29, 0.717) is 18.7 Å². The van der Waals surface area contributed by atoms with Crippen LogP contribution in [0.5, 0.6) is 0 Å². The molecule has 0 atom stereocenters. The minimum atomic E-state index is -0.672. The number of aromatic nitrogens is 2. The molecule has 0 fully saturated rings. The Morgan fingerprint density at radius 1 is 0.962 bits per heavy atom. The molecular weight excluding hydrogens is 328 g/mol. The fraction of sp³-hybridized carbons (Fsp3) is 0.150. The number of amides is 2. The van der Waals surface area contributed by atoms with E-state index in [2.05, 4.69) is 15.7 Å². The van der Waals surface area contributed by atoms with Crippen LogP contribution in [0.15, 0.2) is 66.9 Å². The number of carbonyl (C=O) groups is 2. The van der Waals surface area contributed by atoms with E-state index in [-0.39, 0.29) is 0 Å². The maximum absolute atomic E-state index is 12.0. The molecule has 0 aliphatic carbocycles. The molecule has 0 bridgehead atoms. The summed E-state index contributed by atoms with van der Waals surface area (Å²) in [6.07, 6.45) is 2.42. The van der Waals surface area contributed by atoms with Gasteiger partial charge < -0.3 is 10.6 Å². The summed E-state index contributed by atoms with van der Waals surface area (Å²) < 4.78 is 1.78. The Hall–Kier alpha value is -3.41. The fourth-order valence-electron chi connectivity index (χ4n) is 2.50. The summed E-state index contributed by atoms with van der Waals surface area (Å²) in [5.74, 6) is -1.33. The molecule has 0 unspecified atom stereocenters. The number of rotatable bonds is 5. The van der Waals surface area contributed by atoms with Crippen LogP contribution in [0.4, 0.5) is 5.69 Å². The quantitative estimate of drug-likeness (QED) is 0.696. The van der Waals surface area contributed by atoms with Gasteiger partial charge in [0.05, 0.1) is 11.4 Å². The molecule has 3 aromatic rings. The molecule has 0 saturated heterocycles. The van der Waals surface area contributed by atoms with Crippen LogP contribution in [0, 0.1) is 6.92 Å². The predicted molar refractivity (Wildman–Crippen MR) is 100 cm³/mol. The van der Waals surface area contributed by atoms with Gasteiger partial charge in [0.1, 0.15) is 0 Å². The van der Waals surface area contributed by atoms with E-state index in [1.165, 1.54) is 0 Å². The molecule has 0 radical (unpaired) electrons. The monoisotopic (exact) mass is 348 g/mol. The number of hydrogen-bond donors (Lipinski definition) is 2. The smallest absolute Gasteiger partial charge is 0.313 e. The molecule has 1 heterocycles. The van der Waals surface area contributed by atoms with Crippen molar-refractivity contribution in [3.63, 3.8) is 0 Å². The lowest BCUT2D eigenvalue weighted by molar-refractivity contribution is -0.136. The number of hydrogen-bond acceptors (Lipinski definition) is 3. The Balaban J connectivity index is 1.49. The molecule has 0 aliphatic rings. The third-order valence-corrected chi connectivity index (χ3v) is 3.93. The summed E-state index contributed by atoms with van der Waals surface area (Å²) in [6.45, 7) is 2.21. The number of nitrogens with zero attached hydrogens (tertiary/aromatic N) is 2. The average molecular weight is 348 g/mol. The number of nitrogens with one attached hydrogen (secondary N) is 2. The molecule has 1 aromatic heterocycles. The molecule has 0 spiro atoms. The number of anilines is 1. The first-order chi connectivity index (χ1) is 12.6. The number of benzene rings is 2. The summed E-state index contributed by atoms with van der Waals surface area (Å²) in [7, 11) is 0. The minimum absolute atomic E-state index is 0.339. The molecule has 6 nitrogen and oxygen atoms in total. The van der Waals surface area contributed by atoms with E-state index in [9.17, 15) is 9.59 Å². The lowest BCUT2D eigenvalue weighted by Crippen LogP contribution is -2.36. The first-order valence-electron chi connectivity index (χ1n) is 8.38. The van der Waals surface area contributed by atoms with Gasteiger partial charge in [-0.05, 0) is 36.8 Å². The normalized spacial score (nSPS) is 10.3. The highest BCUT2D eigenvalue weighted by molar-refractivity contribution is 6.39. The van der Waals surface area contributed by atoms with Crippen molar-refractivity contribution in [2.45, 2.75) is 13.3 Å². The van der Waals surface area contributed by atoms with Gasteiger partial charge in [0.25, 0.3) is 0 Å². The molecule has 26 heavy (non-hydrogen) atoms. The van der Waals surface area contributed by atoms with Crippen molar-refractivity contribution in [2.24, 2.45) is 0 Å². The third-order valence-electron chi connectivity index (χ3n) is 3.93. The zero-order chi connectivity index (χ0) is 18.4. The van der Waals surface area contributed by atoms with Gasteiger partial charge in [0, 0.05) is 24.8 Å². The van der Waals surface area contributed by atoms with Gasteiger partial charge in [0.15, 0.2) is 0 Å². The second-order valence-electron chi connectivity index (χ2n) is 5.86. The first kappa shape index (κ1) is 17.4. The van der Waals surface area contributed by atoms with E-state index in [1.807, 2.05) is 67.7 Å². The summed E-state index contributed by atoms with van der Waals surface area (Å²) in [5.41, 5.74) is 3.35. The molecular formula is C20H20N4O2. The second-order valence-corrected chi connectivity index (χ2v) is 5.86. The van der Waals surface area contributed by atoms with Gasteiger partial charge in [-0.2, -0.15) is 5.10 Å². The van der Waals surface area contributed by atoms with E-state index in [4.69, 9.17) is 0 Å². The van der Waals surface area contributed by atoms with E-state index < -0.39 is 11.8 Å². The summed E-state index contributed by atoms with van der Waals surface area (Å²) in [6, 6.07) is 19.0. The maximum atomic E-state index is 12.0. The average Bonchev–Trinajstić information content (AvgIpc) is 3.13. The molecule has 6 heteroatoms. The van der Waals surface area contributed by atoms with Crippen molar-refractivity contribution < 1.29 is 9.59 Å². The molecule has 132 valence electrons. The Morgan fingerprint density at radius 3 is 2.46 bits per heavy atom. The zero-order valence-corrected chi connectivity index (χ0v) is 14.5. The minimum Gasteiger partial charge on any atom is -0.347 e. The van der Waals surface area contributed by atoms with Gasteiger partial charge in [-0.1, -0.05) is 36.4 Å². The molecule has 0 saturated carbocycles. The van der Waals surface area contributed by atoms with E-state index in [0.717, 1.165) is 16.9 Å². The Bertz CT molecular complexity index is 903. The Labute approximate surface area is 151 Å². The summed E-state index contributed by atoms with van der Waals surface area (Å²) >= 11 is 0. The highest BCUT2D eigenvalue weighted by Crippen LogP contribution is 2.12. The number of aryl methyl sites for hydroxylation is 1. The van der Waals surface area contributed by atoms with Gasteiger partial charge in [-0.3, -0.25) is 9.59 Å². The van der Waals surface area contributed by atoms with Crippen molar-refractivity contribution in [3.8, 4) is 5.69 Å². The van der Waals surface area contributed by atoms with Crippen LogP contribution in [-0.2, 0) is 16.0 Å². The molecule has 0 aliphatic heterocycles. The topological polar surface area (TPSA) is 76.0 Å². The van der Waals surface area contributed by atoms with Crippen molar-refractivity contribution >= 4 is 17.5 Å². The van der Waals surface area contributed by atoms with Gasteiger partial charge in [-0.25, -0.2) is 4.68 Å². The van der Waals surface area contributed by atoms with Crippen molar-refractivity contribution in [2.75, 3.05) is 11.9 Å². The Morgan fingerprint density at radius 2 is 1.69 bits per heavy atom. The summed E-state index contributed by atoms with van der Waals surface area (Å²) in [4.78, 5) is 23.9. The van der Waals surface area contributed by atoms with Crippen LogP contribution in [0.3, 0.4) is 0 Å². The van der Waals surface area contributed by atoms with Crippen molar-refractivity contribution in [1.29, 1.82) is 0 Å². The summed E-state index contributed by atoms with van der Waals surface area (Å²) in [5, 5.41) is 9.70. The lowest BCUT2D eigenvalue weighted by Gasteiger charge is -2.08. The number of carbonyl (C=O) groups excluding carboxylic acids is 2. The van der Waals surface area contributed by atoms with Crippen molar-refractivity contribution in [3.05, 3.63) is 78.1 Å². The molecule has 3 rings (SSSR count). The predicted octanol–water partition coefficient (Wildman–Crippen LogP) is 2.48. The van der Waals surface area contributed by atoms with Crippen molar-refractivity contribution in [1.82, 2.24) is 15.1 Å².